The quantitative estimate of drug-likeness (QED) is 0.792. The lowest BCUT2D eigenvalue weighted by Gasteiger charge is -2.16. The van der Waals surface area contributed by atoms with Gasteiger partial charge in [-0.1, -0.05) is 6.07 Å². The summed E-state index contributed by atoms with van der Waals surface area (Å²) < 4.78 is 12.7. The number of methoxy groups -OCH3 is 1. The maximum absolute atomic E-state index is 12.2. The van der Waals surface area contributed by atoms with E-state index in [9.17, 15) is 4.79 Å². The zero-order valence-electron chi connectivity index (χ0n) is 15.5. The number of aromatic nitrogens is 2. The summed E-state index contributed by atoms with van der Waals surface area (Å²) in [5.41, 5.74) is 4.16. The van der Waals surface area contributed by atoms with E-state index in [0.29, 0.717) is 19.6 Å². The van der Waals surface area contributed by atoms with Gasteiger partial charge in [-0.2, -0.15) is 5.10 Å². The number of hydrogen-bond donors (Lipinski definition) is 2. The molecule has 1 atom stereocenters. The lowest BCUT2D eigenvalue weighted by atomic mass is 10.1. The molecule has 2 heterocycles. The molecule has 1 aromatic carbocycles. The van der Waals surface area contributed by atoms with Crippen LogP contribution in [0.2, 0.25) is 0 Å². The largest absolute Gasteiger partial charge is 0.497 e. The molecule has 2 aromatic rings. The average Bonchev–Trinajstić information content (AvgIpc) is 2.96. The molecule has 1 aliphatic rings. The zero-order chi connectivity index (χ0) is 18.5. The van der Waals surface area contributed by atoms with E-state index in [2.05, 4.69) is 15.7 Å². The summed E-state index contributed by atoms with van der Waals surface area (Å²) in [7, 11) is 3.58. The van der Waals surface area contributed by atoms with Crippen LogP contribution in [-0.2, 0) is 36.2 Å². The van der Waals surface area contributed by atoms with E-state index in [0.717, 1.165) is 30.2 Å². The summed E-state index contributed by atoms with van der Waals surface area (Å²) in [4.78, 5) is 12.2. The van der Waals surface area contributed by atoms with Gasteiger partial charge in [-0.15, -0.1) is 0 Å². The third kappa shape index (κ3) is 4.42. The van der Waals surface area contributed by atoms with Crippen molar-refractivity contribution in [3.05, 3.63) is 41.2 Å². The average molecular weight is 358 g/mol. The molecule has 0 saturated heterocycles. The normalized spacial score (nSPS) is 14.6. The molecule has 3 rings (SSSR count). The van der Waals surface area contributed by atoms with Gasteiger partial charge in [0.15, 0.2) is 0 Å². The number of fused-ring (bicyclic) bond motifs is 1. The lowest BCUT2D eigenvalue weighted by Crippen LogP contribution is -2.30. The molecule has 7 nitrogen and oxygen atoms in total. The number of nitrogens with one attached hydrogen (secondary N) is 2. The first-order valence-corrected chi connectivity index (χ1v) is 8.85. The molecule has 2 N–H and O–H groups in total. The Morgan fingerprint density at radius 1 is 1.46 bits per heavy atom. The first kappa shape index (κ1) is 18.4. The van der Waals surface area contributed by atoms with Crippen LogP contribution in [0.5, 0.6) is 5.75 Å². The number of rotatable bonds is 7. The molecule has 0 spiro atoms. The van der Waals surface area contributed by atoms with Crippen LogP contribution in [0.1, 0.15) is 30.3 Å². The number of aryl methyl sites for hydroxylation is 1. The van der Waals surface area contributed by atoms with Crippen LogP contribution < -0.4 is 15.4 Å². The summed E-state index contributed by atoms with van der Waals surface area (Å²) in [5, 5.41) is 10.9. The van der Waals surface area contributed by atoms with Crippen LogP contribution in [0, 0.1) is 0 Å². The van der Waals surface area contributed by atoms with Crippen molar-refractivity contribution < 1.29 is 14.3 Å². The van der Waals surface area contributed by atoms with E-state index in [1.807, 2.05) is 36.9 Å². The molecule has 0 aliphatic carbocycles. The minimum absolute atomic E-state index is 0.0303. The maximum Gasteiger partial charge on any atom is 0.225 e. The molecule has 1 aliphatic heterocycles. The van der Waals surface area contributed by atoms with Gasteiger partial charge in [0.2, 0.25) is 5.91 Å². The van der Waals surface area contributed by atoms with Gasteiger partial charge < -0.3 is 20.1 Å². The van der Waals surface area contributed by atoms with Crippen LogP contribution >= 0.6 is 0 Å². The fourth-order valence-electron chi connectivity index (χ4n) is 3.16. The Hall–Kier alpha value is -2.38. The first-order valence-electron chi connectivity index (χ1n) is 8.85. The number of anilines is 1. The molecule has 140 valence electrons. The third-order valence-electron chi connectivity index (χ3n) is 4.55. The second-order valence-corrected chi connectivity index (χ2v) is 6.56. The van der Waals surface area contributed by atoms with Gasteiger partial charge in [-0.3, -0.25) is 9.48 Å². The monoisotopic (exact) mass is 358 g/mol. The van der Waals surface area contributed by atoms with Crippen LogP contribution in [0.3, 0.4) is 0 Å². The molecular weight excluding hydrogens is 332 g/mol. The number of carbonyl (C=O) groups excluding carboxylic acids is 1. The smallest absolute Gasteiger partial charge is 0.225 e. The van der Waals surface area contributed by atoms with Gasteiger partial charge in [0, 0.05) is 55.5 Å². The van der Waals surface area contributed by atoms with Crippen LogP contribution in [-0.4, -0.2) is 35.4 Å². The molecule has 0 fully saturated rings. The standard InChI is InChI=1S/C19H26N4O3/c1-13(9-19(24)21-14-5-4-6-15(10-14)25-3)20-11-17-16-12-26-8-7-18(16)23(2)22-17/h4-6,10,13,20H,7-9,11-12H2,1-3H3,(H,21,24). The van der Waals surface area contributed by atoms with Gasteiger partial charge in [0.1, 0.15) is 5.75 Å². The first-order chi connectivity index (χ1) is 12.6. The summed E-state index contributed by atoms with van der Waals surface area (Å²) in [6, 6.07) is 7.37. The summed E-state index contributed by atoms with van der Waals surface area (Å²) in [5.74, 6) is 0.681. The van der Waals surface area contributed by atoms with Gasteiger partial charge >= 0.3 is 0 Å². The molecule has 1 amide bonds. The van der Waals surface area contributed by atoms with Crippen molar-refractivity contribution in [2.75, 3.05) is 19.0 Å². The van der Waals surface area contributed by atoms with E-state index >= 15 is 0 Å². The Morgan fingerprint density at radius 2 is 2.31 bits per heavy atom. The number of benzene rings is 1. The van der Waals surface area contributed by atoms with E-state index in [1.165, 1.54) is 11.3 Å². The SMILES string of the molecule is COc1cccc(NC(=O)CC(C)NCc2nn(C)c3c2COCC3)c1. The predicted octanol–water partition coefficient (Wildman–Crippen LogP) is 2.01. The molecule has 0 bridgehead atoms. The Kier molecular flexibility index (Phi) is 5.90. The minimum Gasteiger partial charge on any atom is -0.497 e. The highest BCUT2D eigenvalue weighted by molar-refractivity contribution is 5.91. The van der Waals surface area contributed by atoms with Gasteiger partial charge in [-0.25, -0.2) is 0 Å². The molecule has 0 saturated carbocycles. The lowest BCUT2D eigenvalue weighted by molar-refractivity contribution is -0.116. The van der Waals surface area contributed by atoms with Gasteiger partial charge in [0.05, 0.1) is 26.0 Å². The molecule has 7 heteroatoms. The highest BCUT2D eigenvalue weighted by Crippen LogP contribution is 2.20. The summed E-state index contributed by atoms with van der Waals surface area (Å²) >= 11 is 0. The Bertz CT molecular complexity index is 772. The van der Waals surface area contributed by atoms with Crippen molar-refractivity contribution in [1.82, 2.24) is 15.1 Å². The second kappa shape index (κ2) is 8.33. The summed E-state index contributed by atoms with van der Waals surface area (Å²) in [6.07, 6.45) is 1.28. The van der Waals surface area contributed by atoms with E-state index in [1.54, 1.807) is 13.2 Å². The van der Waals surface area contributed by atoms with Crippen molar-refractivity contribution in [2.45, 2.75) is 39.0 Å². The van der Waals surface area contributed by atoms with Crippen LogP contribution in [0.4, 0.5) is 5.69 Å². The van der Waals surface area contributed by atoms with Crippen molar-refractivity contribution in [3.8, 4) is 5.75 Å². The van der Waals surface area contributed by atoms with Crippen molar-refractivity contribution >= 4 is 11.6 Å². The second-order valence-electron chi connectivity index (χ2n) is 6.56. The molecule has 26 heavy (non-hydrogen) atoms. The van der Waals surface area contributed by atoms with Gasteiger partial charge in [0.25, 0.3) is 0 Å². The van der Waals surface area contributed by atoms with E-state index in [4.69, 9.17) is 9.47 Å². The van der Waals surface area contributed by atoms with Crippen molar-refractivity contribution in [3.63, 3.8) is 0 Å². The highest BCUT2D eigenvalue weighted by atomic mass is 16.5. The minimum atomic E-state index is -0.0374. The molecular formula is C19H26N4O3. The van der Waals surface area contributed by atoms with Crippen LogP contribution in [0.15, 0.2) is 24.3 Å². The number of ether oxygens (including phenoxy) is 2. The van der Waals surface area contributed by atoms with Gasteiger partial charge in [-0.05, 0) is 19.1 Å². The fraction of sp³-hybridized carbons (Fsp3) is 0.474. The van der Waals surface area contributed by atoms with Crippen molar-refractivity contribution in [1.29, 1.82) is 0 Å². The third-order valence-corrected chi connectivity index (χ3v) is 4.55. The Labute approximate surface area is 153 Å². The van der Waals surface area contributed by atoms with E-state index in [-0.39, 0.29) is 11.9 Å². The molecule has 0 radical (unpaired) electrons. The molecule has 1 aromatic heterocycles. The zero-order valence-corrected chi connectivity index (χ0v) is 15.5. The Balaban J connectivity index is 1.51. The number of carbonyl (C=O) groups is 1. The fourth-order valence-corrected chi connectivity index (χ4v) is 3.16. The maximum atomic E-state index is 12.2. The highest BCUT2D eigenvalue weighted by Gasteiger charge is 2.20. The molecule has 1 unspecified atom stereocenters. The summed E-state index contributed by atoms with van der Waals surface area (Å²) in [6.45, 7) is 3.99. The number of amides is 1. The van der Waals surface area contributed by atoms with Crippen molar-refractivity contribution in [2.24, 2.45) is 7.05 Å². The Morgan fingerprint density at radius 3 is 3.12 bits per heavy atom. The number of hydrogen-bond acceptors (Lipinski definition) is 5. The van der Waals surface area contributed by atoms with Crippen LogP contribution in [0.25, 0.3) is 0 Å². The predicted molar refractivity (Wildman–Crippen MR) is 99.1 cm³/mol. The van der Waals surface area contributed by atoms with E-state index < -0.39 is 0 Å². The topological polar surface area (TPSA) is 77.4 Å². The number of nitrogens with zero attached hydrogens (tertiary/aromatic N) is 2.